The average molecular weight is 555 g/mol. The van der Waals surface area contributed by atoms with Gasteiger partial charge in [-0.2, -0.15) is 11.3 Å². The van der Waals surface area contributed by atoms with Gasteiger partial charge in [-0.25, -0.2) is 4.98 Å². The molecule has 5 rings (SSSR count). The maximum atomic E-state index is 13.5. The van der Waals surface area contributed by atoms with Gasteiger partial charge in [0.25, 0.3) is 11.8 Å². The largest absolute Gasteiger partial charge is 0.394 e. The summed E-state index contributed by atoms with van der Waals surface area (Å²) in [6, 6.07) is 12.5. The lowest BCUT2D eigenvalue weighted by atomic mass is 10.0. The summed E-state index contributed by atoms with van der Waals surface area (Å²) in [6.07, 6.45) is 7.55. The van der Waals surface area contributed by atoms with E-state index in [1.807, 2.05) is 54.9 Å². The van der Waals surface area contributed by atoms with E-state index >= 15 is 0 Å². The first-order valence-electron chi connectivity index (χ1n) is 13.0. The standard InChI is InChI=1S/C30H30N6O3S/c1-19(2)13-23(17-37)34-30(39)27-26(22-9-12-40-18-22)35-28-24(6-4-11-36(27)28)29(38)33-15-20-7-8-25(32-14-20)21-5-3-10-31-16-21/h3-12,14,16,18-19,23,37H,13,15,17H2,1-2H3,(H,33,38)(H,34,39)/t23-/m1/s1. The molecule has 1 atom stereocenters. The number of thiophene rings is 1. The van der Waals surface area contributed by atoms with Crippen molar-refractivity contribution in [3.8, 4) is 22.5 Å². The summed E-state index contributed by atoms with van der Waals surface area (Å²) in [5, 5.41) is 19.6. The zero-order valence-corrected chi connectivity index (χ0v) is 23.1. The van der Waals surface area contributed by atoms with Crippen LogP contribution < -0.4 is 10.6 Å². The van der Waals surface area contributed by atoms with E-state index in [9.17, 15) is 14.7 Å². The Morgan fingerprint density at radius 3 is 2.60 bits per heavy atom. The summed E-state index contributed by atoms with van der Waals surface area (Å²) < 4.78 is 1.64. The number of aliphatic hydroxyl groups is 1. The van der Waals surface area contributed by atoms with Crippen molar-refractivity contribution in [3.05, 3.63) is 94.8 Å². The molecule has 0 aliphatic heterocycles. The minimum atomic E-state index is -0.391. The fourth-order valence-electron chi connectivity index (χ4n) is 4.56. The van der Waals surface area contributed by atoms with Gasteiger partial charge in [-0.1, -0.05) is 19.9 Å². The molecule has 40 heavy (non-hydrogen) atoms. The van der Waals surface area contributed by atoms with Crippen LogP contribution in [-0.4, -0.2) is 48.9 Å². The molecule has 5 aromatic heterocycles. The maximum Gasteiger partial charge on any atom is 0.270 e. The van der Waals surface area contributed by atoms with Crippen molar-refractivity contribution in [2.24, 2.45) is 5.92 Å². The zero-order chi connectivity index (χ0) is 28.1. The Hall–Kier alpha value is -4.41. The van der Waals surface area contributed by atoms with Gasteiger partial charge in [-0.15, -0.1) is 0 Å². The van der Waals surface area contributed by atoms with Gasteiger partial charge >= 0.3 is 0 Å². The monoisotopic (exact) mass is 554 g/mol. The number of imidazole rings is 1. The van der Waals surface area contributed by atoms with Gasteiger partial charge in [0.2, 0.25) is 0 Å². The van der Waals surface area contributed by atoms with E-state index in [-0.39, 0.29) is 25.0 Å². The van der Waals surface area contributed by atoms with Gasteiger partial charge in [0.15, 0.2) is 5.65 Å². The van der Waals surface area contributed by atoms with Crippen LogP contribution in [0.5, 0.6) is 0 Å². The maximum absolute atomic E-state index is 13.5. The van der Waals surface area contributed by atoms with Crippen LogP contribution >= 0.6 is 11.3 Å². The van der Waals surface area contributed by atoms with Crippen LogP contribution in [0.3, 0.4) is 0 Å². The number of hydrogen-bond donors (Lipinski definition) is 3. The highest BCUT2D eigenvalue weighted by atomic mass is 32.1. The molecule has 0 aliphatic carbocycles. The van der Waals surface area contributed by atoms with E-state index in [0.29, 0.717) is 34.9 Å². The topological polar surface area (TPSA) is 122 Å². The first-order chi connectivity index (χ1) is 19.4. The normalized spacial score (nSPS) is 12.0. The highest BCUT2D eigenvalue weighted by Crippen LogP contribution is 2.28. The van der Waals surface area contributed by atoms with Crippen LogP contribution in [0, 0.1) is 5.92 Å². The summed E-state index contributed by atoms with van der Waals surface area (Å²) in [6.45, 7) is 4.19. The van der Waals surface area contributed by atoms with Crippen LogP contribution in [0.4, 0.5) is 0 Å². The molecule has 5 heterocycles. The molecular formula is C30H30N6O3S. The van der Waals surface area contributed by atoms with Gasteiger partial charge in [0.1, 0.15) is 11.4 Å². The molecule has 0 saturated heterocycles. The van der Waals surface area contributed by atoms with Crippen LogP contribution in [0.2, 0.25) is 0 Å². The van der Waals surface area contributed by atoms with Crippen molar-refractivity contribution in [1.29, 1.82) is 0 Å². The Morgan fingerprint density at radius 1 is 1.05 bits per heavy atom. The molecule has 0 fully saturated rings. The third-order valence-corrected chi connectivity index (χ3v) is 7.13. The van der Waals surface area contributed by atoms with E-state index in [1.165, 1.54) is 11.3 Å². The third-order valence-electron chi connectivity index (χ3n) is 6.45. The predicted octanol–water partition coefficient (Wildman–Crippen LogP) is 4.59. The second-order valence-corrected chi connectivity index (χ2v) is 10.7. The summed E-state index contributed by atoms with van der Waals surface area (Å²) in [4.78, 5) is 40.2. The molecule has 0 saturated carbocycles. The molecule has 10 heteroatoms. The number of hydrogen-bond acceptors (Lipinski definition) is 7. The minimum absolute atomic E-state index is 0.166. The third kappa shape index (κ3) is 5.93. The van der Waals surface area contributed by atoms with E-state index < -0.39 is 6.04 Å². The molecule has 204 valence electrons. The highest BCUT2D eigenvalue weighted by molar-refractivity contribution is 7.08. The lowest BCUT2D eigenvalue weighted by molar-refractivity contribution is 0.0901. The minimum Gasteiger partial charge on any atom is -0.394 e. The van der Waals surface area contributed by atoms with E-state index in [1.54, 1.807) is 41.3 Å². The molecule has 5 aromatic rings. The number of carbonyl (C=O) groups is 2. The highest BCUT2D eigenvalue weighted by Gasteiger charge is 2.25. The number of rotatable bonds is 10. The van der Waals surface area contributed by atoms with Gasteiger partial charge < -0.3 is 15.7 Å². The first kappa shape index (κ1) is 27.2. The number of amides is 2. The van der Waals surface area contributed by atoms with Gasteiger partial charge in [0.05, 0.1) is 23.9 Å². The summed E-state index contributed by atoms with van der Waals surface area (Å²) in [7, 11) is 0. The summed E-state index contributed by atoms with van der Waals surface area (Å²) in [5.74, 6) is -0.373. The zero-order valence-electron chi connectivity index (χ0n) is 22.2. The fourth-order valence-corrected chi connectivity index (χ4v) is 5.20. The van der Waals surface area contributed by atoms with Gasteiger partial charge in [0, 0.05) is 47.8 Å². The van der Waals surface area contributed by atoms with E-state index in [0.717, 1.165) is 22.4 Å². The van der Waals surface area contributed by atoms with Crippen LogP contribution in [0.1, 0.15) is 46.7 Å². The molecule has 0 bridgehead atoms. The van der Waals surface area contributed by atoms with Crippen LogP contribution in [0.15, 0.2) is 78.0 Å². The average Bonchev–Trinajstić information content (AvgIpc) is 3.64. The van der Waals surface area contributed by atoms with Gasteiger partial charge in [-0.3, -0.25) is 24.0 Å². The summed E-state index contributed by atoms with van der Waals surface area (Å²) >= 11 is 1.50. The quantitative estimate of drug-likeness (QED) is 0.232. The van der Waals surface area contributed by atoms with E-state index in [2.05, 4.69) is 20.6 Å². The number of fused-ring (bicyclic) bond motifs is 1. The van der Waals surface area contributed by atoms with E-state index in [4.69, 9.17) is 4.98 Å². The number of carbonyl (C=O) groups excluding carboxylic acids is 2. The Kier molecular flexibility index (Phi) is 8.28. The lowest BCUT2D eigenvalue weighted by Gasteiger charge is -2.18. The molecular weight excluding hydrogens is 524 g/mol. The molecule has 0 spiro atoms. The fraction of sp³-hybridized carbons (Fsp3) is 0.233. The number of aliphatic hydroxyl groups excluding tert-OH is 1. The molecule has 0 aromatic carbocycles. The Labute approximate surface area is 236 Å². The molecule has 9 nitrogen and oxygen atoms in total. The van der Waals surface area contributed by atoms with Crippen molar-refractivity contribution in [3.63, 3.8) is 0 Å². The van der Waals surface area contributed by atoms with Crippen molar-refractivity contribution in [1.82, 2.24) is 30.0 Å². The summed E-state index contributed by atoms with van der Waals surface area (Å²) in [5.41, 5.74) is 4.87. The number of pyridine rings is 3. The van der Waals surface area contributed by atoms with Crippen LogP contribution in [-0.2, 0) is 6.54 Å². The van der Waals surface area contributed by atoms with Crippen molar-refractivity contribution in [2.75, 3.05) is 6.61 Å². The van der Waals surface area contributed by atoms with Crippen LogP contribution in [0.25, 0.3) is 28.2 Å². The Morgan fingerprint density at radius 2 is 1.93 bits per heavy atom. The SMILES string of the molecule is CC(C)C[C@H](CO)NC(=O)c1c(-c2ccsc2)nc2c(C(=O)NCc3ccc(-c4cccnc4)nc3)cccn12. The van der Waals surface area contributed by atoms with Crippen molar-refractivity contribution in [2.45, 2.75) is 32.9 Å². The second-order valence-electron chi connectivity index (χ2n) is 9.90. The number of nitrogens with one attached hydrogen (secondary N) is 2. The first-order valence-corrected chi connectivity index (χ1v) is 14.0. The second kappa shape index (κ2) is 12.2. The molecule has 0 radical (unpaired) electrons. The van der Waals surface area contributed by atoms with Gasteiger partial charge in [-0.05, 0) is 59.7 Å². The van der Waals surface area contributed by atoms with Crippen molar-refractivity contribution < 1.29 is 14.7 Å². The molecule has 0 aliphatic rings. The Bertz CT molecular complexity index is 1600. The number of aromatic nitrogens is 4. The molecule has 0 unspecified atom stereocenters. The number of nitrogens with zero attached hydrogens (tertiary/aromatic N) is 4. The predicted molar refractivity (Wildman–Crippen MR) is 155 cm³/mol. The lowest BCUT2D eigenvalue weighted by Crippen LogP contribution is -2.39. The molecule has 3 N–H and O–H groups in total. The smallest absolute Gasteiger partial charge is 0.270 e. The molecule has 2 amide bonds. The Balaban J connectivity index is 1.41. The van der Waals surface area contributed by atoms with Crippen molar-refractivity contribution >= 4 is 28.8 Å².